The first-order valence-corrected chi connectivity index (χ1v) is 10.7. The van der Waals surface area contributed by atoms with Gasteiger partial charge in [-0.05, 0) is 37.1 Å². The van der Waals surface area contributed by atoms with E-state index in [9.17, 15) is 0 Å². The van der Waals surface area contributed by atoms with E-state index < -0.39 is 0 Å². The molecule has 2 aliphatic heterocycles. The zero-order valence-electron chi connectivity index (χ0n) is 16.6. The van der Waals surface area contributed by atoms with E-state index in [0.717, 1.165) is 58.3 Å². The van der Waals surface area contributed by atoms with Gasteiger partial charge in [0, 0.05) is 38.1 Å². The average molecular weight is 505 g/mol. The highest BCUT2D eigenvalue weighted by atomic mass is 127. The molecular weight excluding hydrogens is 473 g/mol. The number of ether oxygens (including phenoxy) is 2. The third-order valence-electron chi connectivity index (χ3n) is 5.52. The molecule has 0 bridgehead atoms. The second kappa shape index (κ2) is 10.9. The first kappa shape index (κ1) is 22.8. The fourth-order valence-electron chi connectivity index (χ4n) is 3.75. The number of guanidine groups is 1. The lowest BCUT2D eigenvalue weighted by atomic mass is 9.99. The maximum Gasteiger partial charge on any atom is 0.193 e. The van der Waals surface area contributed by atoms with Crippen LogP contribution in [0.5, 0.6) is 0 Å². The largest absolute Gasteiger partial charge is 0.381 e. The molecule has 2 saturated heterocycles. The van der Waals surface area contributed by atoms with Crippen LogP contribution in [0.25, 0.3) is 0 Å². The summed E-state index contributed by atoms with van der Waals surface area (Å²) in [4.78, 5) is 6.87. The summed E-state index contributed by atoms with van der Waals surface area (Å²) >= 11 is 1.95. The van der Waals surface area contributed by atoms with Crippen molar-refractivity contribution in [3.63, 3.8) is 0 Å². The molecule has 5 nitrogen and oxygen atoms in total. The minimum atomic E-state index is 0. The Balaban J connectivity index is 0.00000261. The lowest BCUT2D eigenvalue weighted by Gasteiger charge is -2.39. The van der Waals surface area contributed by atoms with Crippen LogP contribution in [0.15, 0.2) is 29.3 Å². The zero-order valence-corrected chi connectivity index (χ0v) is 19.7. The molecular formula is C20H32IN3O2S. The van der Waals surface area contributed by atoms with Crippen LogP contribution in [-0.4, -0.2) is 68.4 Å². The Morgan fingerprint density at radius 2 is 2.04 bits per heavy atom. The quantitative estimate of drug-likeness (QED) is 0.386. The average Bonchev–Trinajstić information content (AvgIpc) is 2.70. The molecule has 1 unspecified atom stereocenters. The number of rotatable bonds is 4. The van der Waals surface area contributed by atoms with E-state index >= 15 is 0 Å². The van der Waals surface area contributed by atoms with Gasteiger partial charge in [0.05, 0.1) is 13.2 Å². The van der Waals surface area contributed by atoms with Crippen molar-refractivity contribution in [2.45, 2.75) is 30.6 Å². The normalized spacial score (nSPS) is 22.9. The summed E-state index contributed by atoms with van der Waals surface area (Å²) in [7, 11) is 1.87. The first-order valence-electron chi connectivity index (χ1n) is 9.43. The molecule has 0 aromatic heterocycles. The molecule has 7 heteroatoms. The standard InChI is InChI=1S/C20H31N3O2S.HI/c1-16-6-4-5-7-17(16)18-14-23(10-13-25-18)19(21-2)22-15-20(26-3)8-11-24-12-9-20;/h4-7,18H,8-15H2,1-3H3,(H,21,22);1H. The second-order valence-corrected chi connectivity index (χ2v) is 8.34. The summed E-state index contributed by atoms with van der Waals surface area (Å²) in [5.41, 5.74) is 2.56. The molecule has 1 N–H and O–H groups in total. The van der Waals surface area contributed by atoms with Crippen molar-refractivity contribution in [2.24, 2.45) is 4.99 Å². The minimum absolute atomic E-state index is 0. The van der Waals surface area contributed by atoms with E-state index in [1.807, 2.05) is 18.8 Å². The third-order valence-corrected chi connectivity index (χ3v) is 6.94. The number of thioether (sulfide) groups is 1. The number of aryl methyl sites for hydroxylation is 1. The van der Waals surface area contributed by atoms with E-state index in [-0.39, 0.29) is 34.8 Å². The zero-order chi connectivity index (χ0) is 18.4. The van der Waals surface area contributed by atoms with Crippen molar-refractivity contribution in [1.82, 2.24) is 10.2 Å². The number of hydrogen-bond donors (Lipinski definition) is 1. The molecule has 0 aliphatic carbocycles. The molecule has 27 heavy (non-hydrogen) atoms. The summed E-state index contributed by atoms with van der Waals surface area (Å²) in [6, 6.07) is 8.49. The van der Waals surface area contributed by atoms with Gasteiger partial charge in [0.1, 0.15) is 6.10 Å². The van der Waals surface area contributed by atoms with Crippen LogP contribution < -0.4 is 5.32 Å². The van der Waals surface area contributed by atoms with Crippen molar-refractivity contribution in [3.8, 4) is 0 Å². The topological polar surface area (TPSA) is 46.1 Å². The third kappa shape index (κ3) is 5.74. The molecule has 0 saturated carbocycles. The van der Waals surface area contributed by atoms with Gasteiger partial charge in [-0.2, -0.15) is 11.8 Å². The Kier molecular flexibility index (Phi) is 9.18. The number of benzene rings is 1. The molecule has 1 aromatic rings. The monoisotopic (exact) mass is 505 g/mol. The van der Waals surface area contributed by atoms with Crippen molar-refractivity contribution >= 4 is 41.7 Å². The second-order valence-electron chi connectivity index (χ2n) is 7.06. The Labute approximate surface area is 184 Å². The Bertz CT molecular complexity index is 623. The van der Waals surface area contributed by atoms with E-state index in [0.29, 0.717) is 0 Å². The summed E-state index contributed by atoms with van der Waals surface area (Å²) in [5.74, 6) is 0.979. The lowest BCUT2D eigenvalue weighted by molar-refractivity contribution is -0.00843. The lowest BCUT2D eigenvalue weighted by Crippen LogP contribution is -2.52. The molecule has 2 aliphatic rings. The predicted octanol–water partition coefficient (Wildman–Crippen LogP) is 3.47. The SMILES string of the molecule is CN=C(NCC1(SC)CCOCC1)N1CCOC(c2ccccc2C)C1.I. The molecule has 0 amide bonds. The van der Waals surface area contributed by atoms with Gasteiger partial charge in [-0.1, -0.05) is 24.3 Å². The number of hydrogen-bond acceptors (Lipinski definition) is 4. The smallest absolute Gasteiger partial charge is 0.193 e. The van der Waals surface area contributed by atoms with Gasteiger partial charge >= 0.3 is 0 Å². The van der Waals surface area contributed by atoms with Gasteiger partial charge in [-0.25, -0.2) is 0 Å². The summed E-state index contributed by atoms with van der Waals surface area (Å²) < 4.78 is 11.9. The molecule has 2 fully saturated rings. The maximum absolute atomic E-state index is 6.06. The van der Waals surface area contributed by atoms with Gasteiger partial charge in [-0.3, -0.25) is 4.99 Å². The highest BCUT2D eigenvalue weighted by Gasteiger charge is 2.33. The van der Waals surface area contributed by atoms with Crippen molar-refractivity contribution in [2.75, 3.05) is 52.8 Å². The maximum atomic E-state index is 6.06. The summed E-state index contributed by atoms with van der Waals surface area (Å²) in [6.45, 7) is 7.22. The van der Waals surface area contributed by atoms with Gasteiger partial charge in [-0.15, -0.1) is 24.0 Å². The van der Waals surface area contributed by atoms with Crippen LogP contribution >= 0.6 is 35.7 Å². The highest BCUT2D eigenvalue weighted by Crippen LogP contribution is 2.33. The molecule has 2 heterocycles. The predicted molar refractivity (Wildman–Crippen MR) is 125 cm³/mol. The molecule has 1 aromatic carbocycles. The molecule has 3 rings (SSSR count). The van der Waals surface area contributed by atoms with Crippen LogP contribution in [0.3, 0.4) is 0 Å². The van der Waals surface area contributed by atoms with Crippen LogP contribution in [0, 0.1) is 6.92 Å². The van der Waals surface area contributed by atoms with Gasteiger partial charge in [0.15, 0.2) is 5.96 Å². The van der Waals surface area contributed by atoms with E-state index in [2.05, 4.69) is 52.7 Å². The van der Waals surface area contributed by atoms with Crippen LogP contribution in [0.1, 0.15) is 30.1 Å². The molecule has 0 spiro atoms. The van der Waals surface area contributed by atoms with Crippen LogP contribution in [-0.2, 0) is 9.47 Å². The highest BCUT2D eigenvalue weighted by molar-refractivity contribution is 14.0. The van der Waals surface area contributed by atoms with Gasteiger partial charge < -0.3 is 19.7 Å². The van der Waals surface area contributed by atoms with Crippen molar-refractivity contribution in [3.05, 3.63) is 35.4 Å². The van der Waals surface area contributed by atoms with Crippen molar-refractivity contribution < 1.29 is 9.47 Å². The first-order chi connectivity index (χ1) is 12.7. The number of halogens is 1. The minimum Gasteiger partial charge on any atom is -0.381 e. The Hall–Kier alpha value is -0.510. The molecule has 0 radical (unpaired) electrons. The molecule has 1 atom stereocenters. The Morgan fingerprint density at radius 1 is 1.30 bits per heavy atom. The van der Waals surface area contributed by atoms with Gasteiger partial charge in [0.2, 0.25) is 0 Å². The van der Waals surface area contributed by atoms with E-state index in [1.165, 1.54) is 11.1 Å². The van der Waals surface area contributed by atoms with E-state index in [1.54, 1.807) is 0 Å². The van der Waals surface area contributed by atoms with Crippen molar-refractivity contribution in [1.29, 1.82) is 0 Å². The Morgan fingerprint density at radius 3 is 2.70 bits per heavy atom. The number of nitrogens with zero attached hydrogens (tertiary/aromatic N) is 2. The summed E-state index contributed by atoms with van der Waals surface area (Å²) in [5, 5.41) is 3.63. The fraction of sp³-hybridized carbons (Fsp3) is 0.650. The number of nitrogens with one attached hydrogen (secondary N) is 1. The van der Waals surface area contributed by atoms with Gasteiger partial charge in [0.25, 0.3) is 0 Å². The number of morpholine rings is 1. The van der Waals surface area contributed by atoms with Crippen LogP contribution in [0.4, 0.5) is 0 Å². The molecule has 152 valence electrons. The van der Waals surface area contributed by atoms with E-state index in [4.69, 9.17) is 9.47 Å². The summed E-state index contributed by atoms with van der Waals surface area (Å²) in [6.07, 6.45) is 4.49. The van der Waals surface area contributed by atoms with Crippen LogP contribution in [0.2, 0.25) is 0 Å². The number of aliphatic imine (C=N–C) groups is 1. The fourth-order valence-corrected chi connectivity index (χ4v) is 4.54.